The van der Waals surface area contributed by atoms with E-state index in [4.69, 9.17) is 15.0 Å². The van der Waals surface area contributed by atoms with Crippen molar-refractivity contribution in [3.8, 4) is 56.4 Å². The van der Waals surface area contributed by atoms with E-state index in [0.717, 1.165) is 33.2 Å². The van der Waals surface area contributed by atoms with Crippen molar-refractivity contribution in [2.75, 3.05) is 0 Å². The number of thiophene rings is 1. The van der Waals surface area contributed by atoms with Gasteiger partial charge in [-0.15, -0.1) is 11.3 Å². The molecule has 0 bridgehead atoms. The summed E-state index contributed by atoms with van der Waals surface area (Å²) in [7, 11) is 0. The minimum atomic E-state index is 0.650. The van der Waals surface area contributed by atoms with Gasteiger partial charge in [0.25, 0.3) is 0 Å². The average Bonchev–Trinajstić information content (AvgIpc) is 3.53. The first-order valence-electron chi connectivity index (χ1n) is 15.7. The van der Waals surface area contributed by atoms with Crippen LogP contribution in [0.3, 0.4) is 0 Å². The number of benzene rings is 7. The third kappa shape index (κ3) is 5.15. The number of hydrogen-bond acceptors (Lipinski definition) is 4. The molecule has 0 amide bonds. The largest absolute Gasteiger partial charge is 0.208 e. The number of fused-ring (bicyclic) bond motifs is 4. The summed E-state index contributed by atoms with van der Waals surface area (Å²) in [5.41, 5.74) is 7.55. The Balaban J connectivity index is 1.12. The van der Waals surface area contributed by atoms with Crippen molar-refractivity contribution in [3.63, 3.8) is 0 Å². The zero-order valence-corrected chi connectivity index (χ0v) is 26.2. The summed E-state index contributed by atoms with van der Waals surface area (Å²) in [6, 6.07) is 57.5. The Hall–Kier alpha value is -5.97. The van der Waals surface area contributed by atoms with E-state index in [1.54, 1.807) is 0 Å². The third-order valence-electron chi connectivity index (χ3n) is 8.75. The van der Waals surface area contributed by atoms with E-state index in [1.807, 2.05) is 17.4 Å². The molecule has 0 saturated heterocycles. The molecule has 0 N–H and O–H groups in total. The number of rotatable bonds is 5. The van der Waals surface area contributed by atoms with Crippen LogP contribution in [0.15, 0.2) is 164 Å². The molecule has 0 aliphatic rings. The van der Waals surface area contributed by atoms with Gasteiger partial charge in [-0.2, -0.15) is 0 Å². The first-order chi connectivity index (χ1) is 23.2. The summed E-state index contributed by atoms with van der Waals surface area (Å²) in [6.07, 6.45) is 0. The van der Waals surface area contributed by atoms with Gasteiger partial charge in [0.05, 0.1) is 0 Å². The lowest BCUT2D eigenvalue weighted by atomic mass is 10.0. The molecular weight excluding hydrogens is 591 g/mol. The van der Waals surface area contributed by atoms with E-state index in [1.165, 1.54) is 36.7 Å². The number of aromatic nitrogens is 3. The lowest BCUT2D eigenvalue weighted by Crippen LogP contribution is -2.00. The Kier molecular flexibility index (Phi) is 6.65. The maximum absolute atomic E-state index is 5.02. The van der Waals surface area contributed by atoms with Crippen LogP contribution in [0.2, 0.25) is 0 Å². The van der Waals surface area contributed by atoms with Gasteiger partial charge >= 0.3 is 0 Å². The molecule has 0 unspecified atom stereocenters. The lowest BCUT2D eigenvalue weighted by molar-refractivity contribution is 1.07. The molecule has 0 saturated carbocycles. The molecule has 0 atom stereocenters. The van der Waals surface area contributed by atoms with Crippen LogP contribution in [0.4, 0.5) is 0 Å². The smallest absolute Gasteiger partial charge is 0.164 e. The van der Waals surface area contributed by atoms with Gasteiger partial charge in [0.15, 0.2) is 17.5 Å². The van der Waals surface area contributed by atoms with Crippen LogP contribution >= 0.6 is 11.3 Å². The Morgan fingerprint density at radius 2 is 0.787 bits per heavy atom. The molecule has 3 nitrogen and oxygen atoms in total. The minimum absolute atomic E-state index is 0.650. The van der Waals surface area contributed by atoms with Crippen LogP contribution in [0.1, 0.15) is 0 Å². The van der Waals surface area contributed by atoms with Crippen LogP contribution in [0, 0.1) is 0 Å². The van der Waals surface area contributed by atoms with Crippen LogP contribution in [-0.2, 0) is 0 Å². The van der Waals surface area contributed by atoms with Gasteiger partial charge in [-0.25, -0.2) is 15.0 Å². The second kappa shape index (κ2) is 11.4. The molecule has 220 valence electrons. The molecular formula is C43H27N3S. The molecule has 0 aliphatic heterocycles. The van der Waals surface area contributed by atoms with Crippen LogP contribution in [0.5, 0.6) is 0 Å². The van der Waals surface area contributed by atoms with Crippen molar-refractivity contribution >= 4 is 42.3 Å². The zero-order valence-electron chi connectivity index (χ0n) is 25.3. The molecule has 0 fully saturated rings. The predicted molar refractivity (Wildman–Crippen MR) is 197 cm³/mol. The van der Waals surface area contributed by atoms with E-state index < -0.39 is 0 Å². The summed E-state index contributed by atoms with van der Waals surface area (Å²) in [5.74, 6) is 1.95. The SMILES string of the molecule is c1ccc(-c2ccc(-c3nc(-c4ccc(-c5ccc6c(c5)sc5ccccc56)cc4)nc(-c4ccc5ccccc5c4)n3)cc2)cc1. The highest BCUT2D eigenvalue weighted by Crippen LogP contribution is 2.37. The van der Waals surface area contributed by atoms with Gasteiger partial charge in [0, 0.05) is 36.9 Å². The molecule has 2 heterocycles. The van der Waals surface area contributed by atoms with Gasteiger partial charge in [0.2, 0.25) is 0 Å². The molecule has 9 rings (SSSR count). The molecule has 0 aliphatic carbocycles. The van der Waals surface area contributed by atoms with Gasteiger partial charge < -0.3 is 0 Å². The summed E-state index contributed by atoms with van der Waals surface area (Å²) in [6.45, 7) is 0. The summed E-state index contributed by atoms with van der Waals surface area (Å²) >= 11 is 1.84. The molecule has 7 aromatic carbocycles. The first-order valence-corrected chi connectivity index (χ1v) is 16.5. The van der Waals surface area contributed by atoms with Crippen LogP contribution < -0.4 is 0 Å². The zero-order chi connectivity index (χ0) is 31.2. The third-order valence-corrected chi connectivity index (χ3v) is 9.88. The fourth-order valence-corrected chi connectivity index (χ4v) is 7.40. The second-order valence-electron chi connectivity index (χ2n) is 11.7. The quantitative estimate of drug-likeness (QED) is 0.193. The standard InChI is InChI=1S/C43H27N3S/c1-2-8-28(9-3-1)30-14-19-32(20-15-30)41-44-42(46-43(45-41)36-23-18-29-10-4-5-11-34(29)26-36)33-21-16-31(17-22-33)35-24-25-38-37-12-6-7-13-39(37)47-40(38)27-35/h1-27H. The molecule has 4 heteroatoms. The summed E-state index contributed by atoms with van der Waals surface area (Å²) in [4.78, 5) is 15.0. The topological polar surface area (TPSA) is 38.7 Å². The van der Waals surface area contributed by atoms with E-state index in [9.17, 15) is 0 Å². The van der Waals surface area contributed by atoms with E-state index in [0.29, 0.717) is 17.5 Å². The Morgan fingerprint density at radius 1 is 0.298 bits per heavy atom. The molecule has 2 aromatic heterocycles. The average molecular weight is 618 g/mol. The molecule has 9 aromatic rings. The van der Waals surface area contributed by atoms with Crippen molar-refractivity contribution in [3.05, 3.63) is 164 Å². The van der Waals surface area contributed by atoms with Crippen molar-refractivity contribution in [1.82, 2.24) is 15.0 Å². The highest BCUT2D eigenvalue weighted by atomic mass is 32.1. The van der Waals surface area contributed by atoms with Crippen molar-refractivity contribution in [2.45, 2.75) is 0 Å². The van der Waals surface area contributed by atoms with E-state index >= 15 is 0 Å². The first kappa shape index (κ1) is 27.3. The normalized spacial score (nSPS) is 11.4. The highest BCUT2D eigenvalue weighted by Gasteiger charge is 2.14. The van der Waals surface area contributed by atoms with Crippen molar-refractivity contribution in [1.29, 1.82) is 0 Å². The minimum Gasteiger partial charge on any atom is -0.208 e. The molecule has 0 spiro atoms. The predicted octanol–water partition coefficient (Wildman–Crippen LogP) is 11.7. The molecule has 47 heavy (non-hydrogen) atoms. The van der Waals surface area contributed by atoms with Crippen molar-refractivity contribution < 1.29 is 0 Å². The van der Waals surface area contributed by atoms with Gasteiger partial charge in [-0.3, -0.25) is 0 Å². The lowest BCUT2D eigenvalue weighted by Gasteiger charge is -2.10. The van der Waals surface area contributed by atoms with Gasteiger partial charge in [-0.05, 0) is 51.2 Å². The maximum Gasteiger partial charge on any atom is 0.164 e. The fourth-order valence-electron chi connectivity index (χ4n) is 6.25. The van der Waals surface area contributed by atoms with E-state index in [-0.39, 0.29) is 0 Å². The fraction of sp³-hybridized carbons (Fsp3) is 0. The summed E-state index contributed by atoms with van der Waals surface area (Å²) < 4.78 is 2.62. The second-order valence-corrected chi connectivity index (χ2v) is 12.8. The van der Waals surface area contributed by atoms with E-state index in [2.05, 4.69) is 158 Å². The number of hydrogen-bond donors (Lipinski definition) is 0. The summed E-state index contributed by atoms with van der Waals surface area (Å²) in [5, 5.41) is 4.96. The molecule has 0 radical (unpaired) electrons. The van der Waals surface area contributed by atoms with Crippen LogP contribution in [-0.4, -0.2) is 15.0 Å². The van der Waals surface area contributed by atoms with Gasteiger partial charge in [0.1, 0.15) is 0 Å². The Morgan fingerprint density at radius 3 is 1.51 bits per heavy atom. The van der Waals surface area contributed by atoms with Gasteiger partial charge in [-0.1, -0.05) is 146 Å². The maximum atomic E-state index is 5.02. The Bertz CT molecular complexity index is 2550. The monoisotopic (exact) mass is 617 g/mol. The number of nitrogens with zero attached hydrogens (tertiary/aromatic N) is 3. The van der Waals surface area contributed by atoms with Crippen molar-refractivity contribution in [2.24, 2.45) is 0 Å². The highest BCUT2D eigenvalue weighted by molar-refractivity contribution is 7.25. The van der Waals surface area contributed by atoms with Crippen LogP contribution in [0.25, 0.3) is 87.4 Å². The Labute approximate surface area is 276 Å².